The van der Waals surface area contributed by atoms with Crippen molar-refractivity contribution in [2.75, 3.05) is 46.0 Å². The van der Waals surface area contributed by atoms with Crippen LogP contribution >= 0.6 is 0 Å². The van der Waals surface area contributed by atoms with E-state index < -0.39 is 5.41 Å². The maximum atomic E-state index is 13.3. The van der Waals surface area contributed by atoms with Gasteiger partial charge >= 0.3 is 0 Å². The van der Waals surface area contributed by atoms with Crippen LogP contribution in [0.1, 0.15) is 30.4 Å². The number of piperidine rings is 1. The lowest BCUT2D eigenvalue weighted by Crippen LogP contribution is -2.52. The van der Waals surface area contributed by atoms with Crippen molar-refractivity contribution in [1.82, 2.24) is 9.80 Å². The fourth-order valence-electron chi connectivity index (χ4n) is 4.83. The van der Waals surface area contributed by atoms with E-state index in [1.54, 1.807) is 12.1 Å². The van der Waals surface area contributed by atoms with Crippen LogP contribution in [0.5, 0.6) is 5.75 Å². The molecule has 7 heteroatoms. The lowest BCUT2D eigenvalue weighted by Gasteiger charge is -2.43. The highest BCUT2D eigenvalue weighted by molar-refractivity contribution is 5.80. The number of likely N-dealkylation sites (tertiary alicyclic amines) is 1. The van der Waals surface area contributed by atoms with Crippen molar-refractivity contribution in [1.29, 1.82) is 0 Å². The van der Waals surface area contributed by atoms with Gasteiger partial charge in [-0.3, -0.25) is 9.59 Å². The molecule has 4 rings (SSSR count). The molecule has 0 unspecified atom stereocenters. The number of aryl methyl sites for hydroxylation is 1. The molecule has 0 saturated carbocycles. The second-order valence-electron chi connectivity index (χ2n) is 9.43. The number of nitrogens with zero attached hydrogens (tertiary/aromatic N) is 2. The molecule has 0 bridgehead atoms. The monoisotopic (exact) mass is 468 g/mol. The molecule has 2 aliphatic rings. The van der Waals surface area contributed by atoms with Gasteiger partial charge in [0, 0.05) is 38.0 Å². The van der Waals surface area contributed by atoms with Crippen LogP contribution in [0, 0.1) is 18.2 Å². The average Bonchev–Trinajstić information content (AvgIpc) is 2.86. The fraction of sp³-hybridized carbons (Fsp3) is 0.481. The maximum absolute atomic E-state index is 13.3. The summed E-state index contributed by atoms with van der Waals surface area (Å²) in [7, 11) is 0. The number of carbonyl (C=O) groups excluding carboxylic acids is 2. The van der Waals surface area contributed by atoms with Gasteiger partial charge in [0.05, 0.1) is 26.2 Å². The smallest absolute Gasteiger partial charge is 0.227 e. The maximum Gasteiger partial charge on any atom is 0.227 e. The van der Waals surface area contributed by atoms with Crippen molar-refractivity contribution in [3.05, 3.63) is 65.5 Å². The predicted molar refractivity (Wildman–Crippen MR) is 127 cm³/mol. The minimum atomic E-state index is -0.497. The summed E-state index contributed by atoms with van der Waals surface area (Å²) >= 11 is 0. The van der Waals surface area contributed by atoms with Crippen LogP contribution in [0.15, 0.2) is 48.5 Å². The largest absolute Gasteiger partial charge is 0.493 e. The van der Waals surface area contributed by atoms with Gasteiger partial charge in [-0.25, -0.2) is 4.39 Å². The van der Waals surface area contributed by atoms with Crippen molar-refractivity contribution in [2.45, 2.75) is 32.6 Å². The molecule has 2 heterocycles. The topological polar surface area (TPSA) is 59.1 Å². The van der Waals surface area contributed by atoms with Crippen LogP contribution in [0.2, 0.25) is 0 Å². The first-order valence-corrected chi connectivity index (χ1v) is 12.0. The molecule has 0 radical (unpaired) electrons. The highest BCUT2D eigenvalue weighted by Gasteiger charge is 2.41. The summed E-state index contributed by atoms with van der Waals surface area (Å²) in [6, 6.07) is 13.8. The third-order valence-corrected chi connectivity index (χ3v) is 6.87. The van der Waals surface area contributed by atoms with E-state index in [0.29, 0.717) is 64.6 Å². The summed E-state index contributed by atoms with van der Waals surface area (Å²) in [5, 5.41) is 0. The number of benzene rings is 2. The van der Waals surface area contributed by atoms with Crippen LogP contribution in [-0.2, 0) is 20.7 Å². The molecule has 1 atom stereocenters. The zero-order chi connectivity index (χ0) is 24.0. The standard InChI is InChI=1S/C27H33FN2O4/c1-21-5-2-3-6-22(21)17-25(31)30-12-4-11-27(19-30,18-26(32)29-13-15-33-16-14-29)20-34-24-9-7-23(28)8-10-24/h2-3,5-10H,4,11-20H2,1H3/t27-/m1/s1. The van der Waals surface area contributed by atoms with Gasteiger partial charge in [0.2, 0.25) is 11.8 Å². The minimum Gasteiger partial charge on any atom is -0.493 e. The number of amides is 2. The first kappa shape index (κ1) is 24.2. The summed E-state index contributed by atoms with van der Waals surface area (Å²) in [5.41, 5.74) is 1.63. The normalized spacial score (nSPS) is 20.8. The van der Waals surface area contributed by atoms with Gasteiger partial charge in [0.1, 0.15) is 11.6 Å². The Hall–Kier alpha value is -2.93. The third-order valence-electron chi connectivity index (χ3n) is 6.87. The van der Waals surface area contributed by atoms with Gasteiger partial charge in [-0.05, 0) is 55.2 Å². The summed E-state index contributed by atoms with van der Waals surface area (Å²) in [6.07, 6.45) is 2.25. The Kier molecular flexibility index (Phi) is 7.83. The van der Waals surface area contributed by atoms with E-state index in [-0.39, 0.29) is 17.6 Å². The second kappa shape index (κ2) is 11.0. The van der Waals surface area contributed by atoms with E-state index >= 15 is 0 Å². The van der Waals surface area contributed by atoms with Crippen LogP contribution in [0.3, 0.4) is 0 Å². The van der Waals surface area contributed by atoms with Gasteiger partial charge in [-0.1, -0.05) is 24.3 Å². The number of morpholine rings is 1. The zero-order valence-electron chi connectivity index (χ0n) is 19.8. The van der Waals surface area contributed by atoms with E-state index in [1.165, 1.54) is 12.1 Å². The molecule has 2 fully saturated rings. The van der Waals surface area contributed by atoms with Gasteiger partial charge in [0.15, 0.2) is 0 Å². The van der Waals surface area contributed by atoms with E-state index in [2.05, 4.69) is 0 Å². The van der Waals surface area contributed by atoms with Crippen LogP contribution < -0.4 is 4.74 Å². The third kappa shape index (κ3) is 6.14. The number of ether oxygens (including phenoxy) is 2. The molecule has 2 aliphatic heterocycles. The molecule has 0 aromatic heterocycles. The Morgan fingerprint density at radius 1 is 1.00 bits per heavy atom. The number of rotatable bonds is 7. The van der Waals surface area contributed by atoms with Crippen molar-refractivity contribution < 1.29 is 23.5 Å². The fourth-order valence-corrected chi connectivity index (χ4v) is 4.83. The summed E-state index contributed by atoms with van der Waals surface area (Å²) < 4.78 is 24.8. The number of halogens is 1. The predicted octanol–water partition coefficient (Wildman–Crippen LogP) is 3.61. The summed E-state index contributed by atoms with van der Waals surface area (Å²) in [4.78, 5) is 30.2. The molecule has 0 N–H and O–H groups in total. The van der Waals surface area contributed by atoms with E-state index in [4.69, 9.17) is 9.47 Å². The Labute approximate surface area is 200 Å². The summed E-state index contributed by atoms with van der Waals surface area (Å²) in [5.74, 6) is 0.372. The molecule has 2 amide bonds. The lowest BCUT2D eigenvalue weighted by atomic mass is 9.77. The molecule has 6 nitrogen and oxygen atoms in total. The van der Waals surface area contributed by atoms with E-state index in [0.717, 1.165) is 24.0 Å². The molecule has 182 valence electrons. The molecule has 0 aliphatic carbocycles. The highest BCUT2D eigenvalue weighted by Crippen LogP contribution is 2.36. The van der Waals surface area contributed by atoms with Gasteiger partial charge in [-0.15, -0.1) is 0 Å². The summed E-state index contributed by atoms with van der Waals surface area (Å²) in [6.45, 7) is 5.72. The molecule has 0 spiro atoms. The van der Waals surface area contributed by atoms with Crippen LogP contribution in [0.4, 0.5) is 4.39 Å². The van der Waals surface area contributed by atoms with Gasteiger partial charge in [-0.2, -0.15) is 0 Å². The minimum absolute atomic E-state index is 0.0685. The Bertz CT molecular complexity index is 990. The Morgan fingerprint density at radius 3 is 2.47 bits per heavy atom. The van der Waals surface area contributed by atoms with E-state index in [1.807, 2.05) is 41.0 Å². The molecule has 34 heavy (non-hydrogen) atoms. The van der Waals surface area contributed by atoms with Crippen LogP contribution in [-0.4, -0.2) is 67.6 Å². The van der Waals surface area contributed by atoms with Gasteiger partial charge in [0.25, 0.3) is 0 Å². The molecule has 2 aromatic carbocycles. The van der Waals surface area contributed by atoms with Crippen molar-refractivity contribution in [3.63, 3.8) is 0 Å². The first-order chi connectivity index (χ1) is 16.4. The number of hydrogen-bond acceptors (Lipinski definition) is 4. The van der Waals surface area contributed by atoms with Crippen molar-refractivity contribution >= 4 is 11.8 Å². The quantitative estimate of drug-likeness (QED) is 0.623. The first-order valence-electron chi connectivity index (χ1n) is 12.0. The van der Waals surface area contributed by atoms with Crippen molar-refractivity contribution in [2.24, 2.45) is 5.41 Å². The highest BCUT2D eigenvalue weighted by atomic mass is 19.1. The van der Waals surface area contributed by atoms with Crippen molar-refractivity contribution in [3.8, 4) is 5.75 Å². The lowest BCUT2D eigenvalue weighted by molar-refractivity contribution is -0.143. The SMILES string of the molecule is Cc1ccccc1CC(=O)N1CCC[C@@](COc2ccc(F)cc2)(CC(=O)N2CCOCC2)C1. The number of carbonyl (C=O) groups is 2. The van der Waals surface area contributed by atoms with Crippen LogP contribution in [0.25, 0.3) is 0 Å². The Balaban J connectivity index is 1.49. The molecular formula is C27H33FN2O4. The Morgan fingerprint density at radius 2 is 1.74 bits per heavy atom. The molecular weight excluding hydrogens is 435 g/mol. The van der Waals surface area contributed by atoms with Gasteiger partial charge < -0.3 is 19.3 Å². The molecule has 2 aromatic rings. The van der Waals surface area contributed by atoms with E-state index in [9.17, 15) is 14.0 Å². The second-order valence-corrected chi connectivity index (χ2v) is 9.43. The molecule has 2 saturated heterocycles. The number of hydrogen-bond donors (Lipinski definition) is 0. The zero-order valence-corrected chi connectivity index (χ0v) is 19.8. The average molecular weight is 469 g/mol.